The molecular formula is C15H15N. The molecule has 0 atom stereocenters. The van der Waals surface area contributed by atoms with E-state index in [0.29, 0.717) is 0 Å². The molecule has 16 heavy (non-hydrogen) atoms. The van der Waals surface area contributed by atoms with E-state index in [1.807, 2.05) is 42.5 Å². The third kappa shape index (κ3) is 2.51. The first kappa shape index (κ1) is 10.5. The van der Waals surface area contributed by atoms with Crippen LogP contribution in [0.25, 0.3) is 11.6 Å². The molecule has 2 aromatic rings. The van der Waals surface area contributed by atoms with E-state index in [9.17, 15) is 0 Å². The number of hydrogen-bond donors (Lipinski definition) is 1. The molecule has 1 nitrogen and oxygen atoms in total. The molecule has 2 rings (SSSR count). The molecule has 0 bridgehead atoms. The maximum Gasteiger partial charge on any atom is 0.0314 e. The van der Waals surface area contributed by atoms with Gasteiger partial charge in [-0.2, -0.15) is 0 Å². The van der Waals surface area contributed by atoms with Gasteiger partial charge in [-0.05, 0) is 35.8 Å². The number of anilines is 1. The Morgan fingerprint density at radius 2 is 1.56 bits per heavy atom. The minimum Gasteiger partial charge on any atom is -0.399 e. The second kappa shape index (κ2) is 4.67. The van der Waals surface area contributed by atoms with Crippen LogP contribution in [-0.2, 0) is 0 Å². The zero-order chi connectivity index (χ0) is 11.4. The molecule has 0 saturated heterocycles. The molecule has 0 spiro atoms. The summed E-state index contributed by atoms with van der Waals surface area (Å²) < 4.78 is 0. The zero-order valence-corrected chi connectivity index (χ0v) is 9.35. The maximum absolute atomic E-state index is 5.66. The van der Waals surface area contributed by atoms with Crippen molar-refractivity contribution in [3.8, 4) is 0 Å². The van der Waals surface area contributed by atoms with Crippen LogP contribution in [0.5, 0.6) is 0 Å². The first-order chi connectivity index (χ1) is 7.75. The maximum atomic E-state index is 5.66. The molecule has 0 aromatic heterocycles. The van der Waals surface area contributed by atoms with E-state index in [1.54, 1.807) is 0 Å². The van der Waals surface area contributed by atoms with Crippen LogP contribution in [0, 0.1) is 0 Å². The van der Waals surface area contributed by atoms with Gasteiger partial charge < -0.3 is 5.73 Å². The molecule has 0 fully saturated rings. The molecule has 0 aliphatic carbocycles. The van der Waals surface area contributed by atoms with Gasteiger partial charge in [0.15, 0.2) is 0 Å². The Hall–Kier alpha value is -2.02. The van der Waals surface area contributed by atoms with Gasteiger partial charge in [-0.25, -0.2) is 0 Å². The van der Waals surface area contributed by atoms with Gasteiger partial charge in [-0.1, -0.05) is 48.5 Å². The van der Waals surface area contributed by atoms with Crippen LogP contribution in [0.3, 0.4) is 0 Å². The molecule has 0 saturated carbocycles. The quantitative estimate of drug-likeness (QED) is 0.590. The Morgan fingerprint density at radius 3 is 2.19 bits per heavy atom. The lowest BCUT2D eigenvalue weighted by atomic mass is 10.0. The molecule has 0 unspecified atom stereocenters. The first-order valence-electron chi connectivity index (χ1n) is 5.35. The largest absolute Gasteiger partial charge is 0.399 e. The molecule has 0 amide bonds. The summed E-state index contributed by atoms with van der Waals surface area (Å²) in [6.07, 6.45) is 2.17. The Balaban J connectivity index is 2.28. The molecule has 80 valence electrons. The monoisotopic (exact) mass is 209 g/mol. The van der Waals surface area contributed by atoms with Crippen molar-refractivity contribution in [3.05, 3.63) is 65.7 Å². The van der Waals surface area contributed by atoms with Crippen molar-refractivity contribution in [2.24, 2.45) is 0 Å². The first-order valence-corrected chi connectivity index (χ1v) is 5.35. The number of hydrogen-bond acceptors (Lipinski definition) is 1. The van der Waals surface area contributed by atoms with Crippen LogP contribution in [0.4, 0.5) is 5.69 Å². The molecule has 0 aliphatic rings. The van der Waals surface area contributed by atoms with E-state index in [2.05, 4.69) is 25.1 Å². The van der Waals surface area contributed by atoms with Crippen molar-refractivity contribution in [1.29, 1.82) is 0 Å². The van der Waals surface area contributed by atoms with E-state index in [4.69, 9.17) is 5.73 Å². The molecule has 2 aromatic carbocycles. The molecule has 2 N–H and O–H groups in total. The summed E-state index contributed by atoms with van der Waals surface area (Å²) in [5.74, 6) is 0. The Kier molecular flexibility index (Phi) is 3.06. The fraction of sp³-hybridized carbons (Fsp3) is 0.0667. The summed E-state index contributed by atoms with van der Waals surface area (Å²) in [5, 5.41) is 0. The van der Waals surface area contributed by atoms with Gasteiger partial charge in [0, 0.05) is 5.69 Å². The second-order valence-corrected chi connectivity index (χ2v) is 3.86. The number of nitrogen functional groups attached to an aromatic ring is 1. The molecule has 0 aliphatic heterocycles. The number of rotatable bonds is 2. The van der Waals surface area contributed by atoms with Crippen molar-refractivity contribution >= 4 is 17.3 Å². The number of allylic oxidation sites excluding steroid dienone is 1. The van der Waals surface area contributed by atoms with Gasteiger partial charge in [-0.15, -0.1) is 0 Å². The van der Waals surface area contributed by atoms with Crippen molar-refractivity contribution in [3.63, 3.8) is 0 Å². The smallest absolute Gasteiger partial charge is 0.0314 e. The Labute approximate surface area is 96.2 Å². The highest BCUT2D eigenvalue weighted by molar-refractivity contribution is 5.80. The zero-order valence-electron chi connectivity index (χ0n) is 9.35. The van der Waals surface area contributed by atoms with Crippen LogP contribution in [-0.4, -0.2) is 0 Å². The third-order valence-electron chi connectivity index (χ3n) is 2.55. The van der Waals surface area contributed by atoms with E-state index in [-0.39, 0.29) is 0 Å². The van der Waals surface area contributed by atoms with E-state index in [0.717, 1.165) is 5.69 Å². The highest BCUT2D eigenvalue weighted by Gasteiger charge is 1.95. The number of benzene rings is 2. The predicted molar refractivity (Wildman–Crippen MR) is 70.8 cm³/mol. The molecule has 1 heteroatoms. The SMILES string of the molecule is CC(=Cc1ccccc1)c1ccc(N)cc1. The summed E-state index contributed by atoms with van der Waals surface area (Å²) in [6.45, 7) is 2.11. The highest BCUT2D eigenvalue weighted by atomic mass is 14.5. The third-order valence-corrected chi connectivity index (χ3v) is 2.55. The molecular weight excluding hydrogens is 194 g/mol. The van der Waals surface area contributed by atoms with Crippen LogP contribution < -0.4 is 5.73 Å². The van der Waals surface area contributed by atoms with Crippen molar-refractivity contribution in [1.82, 2.24) is 0 Å². The van der Waals surface area contributed by atoms with Crippen LogP contribution >= 0.6 is 0 Å². The van der Waals surface area contributed by atoms with E-state index >= 15 is 0 Å². The summed E-state index contributed by atoms with van der Waals surface area (Å²) in [6, 6.07) is 18.3. The van der Waals surface area contributed by atoms with Crippen LogP contribution in [0.15, 0.2) is 54.6 Å². The van der Waals surface area contributed by atoms with Crippen molar-refractivity contribution in [2.45, 2.75) is 6.92 Å². The lowest BCUT2D eigenvalue weighted by Gasteiger charge is -2.02. The summed E-state index contributed by atoms with van der Waals surface area (Å²) in [5.41, 5.74) is 10.1. The van der Waals surface area contributed by atoms with E-state index < -0.39 is 0 Å². The summed E-state index contributed by atoms with van der Waals surface area (Å²) >= 11 is 0. The standard InChI is InChI=1S/C15H15N/c1-12(11-13-5-3-2-4-6-13)14-7-9-15(16)10-8-14/h2-11H,16H2,1H3. The lowest BCUT2D eigenvalue weighted by Crippen LogP contribution is -1.85. The van der Waals surface area contributed by atoms with Crippen LogP contribution in [0.1, 0.15) is 18.1 Å². The Bertz CT molecular complexity index is 481. The van der Waals surface area contributed by atoms with Crippen molar-refractivity contribution in [2.75, 3.05) is 5.73 Å². The fourth-order valence-corrected chi connectivity index (χ4v) is 1.63. The molecule has 0 heterocycles. The number of nitrogens with two attached hydrogens (primary N) is 1. The minimum absolute atomic E-state index is 0.802. The Morgan fingerprint density at radius 1 is 0.938 bits per heavy atom. The normalized spacial score (nSPS) is 11.4. The van der Waals surface area contributed by atoms with Gasteiger partial charge in [0.1, 0.15) is 0 Å². The average Bonchev–Trinajstić information content (AvgIpc) is 2.31. The average molecular weight is 209 g/mol. The van der Waals surface area contributed by atoms with Gasteiger partial charge in [-0.3, -0.25) is 0 Å². The van der Waals surface area contributed by atoms with Gasteiger partial charge in [0.2, 0.25) is 0 Å². The van der Waals surface area contributed by atoms with Gasteiger partial charge in [0.05, 0.1) is 0 Å². The summed E-state index contributed by atoms with van der Waals surface area (Å²) in [4.78, 5) is 0. The molecule has 0 radical (unpaired) electrons. The topological polar surface area (TPSA) is 26.0 Å². The van der Waals surface area contributed by atoms with Crippen molar-refractivity contribution < 1.29 is 0 Å². The van der Waals surface area contributed by atoms with Gasteiger partial charge >= 0.3 is 0 Å². The lowest BCUT2D eigenvalue weighted by molar-refractivity contribution is 1.57. The van der Waals surface area contributed by atoms with Gasteiger partial charge in [0.25, 0.3) is 0 Å². The highest BCUT2D eigenvalue weighted by Crippen LogP contribution is 2.18. The second-order valence-electron chi connectivity index (χ2n) is 3.86. The minimum atomic E-state index is 0.802. The van der Waals surface area contributed by atoms with Crippen LogP contribution in [0.2, 0.25) is 0 Å². The summed E-state index contributed by atoms with van der Waals surface area (Å²) in [7, 11) is 0. The van der Waals surface area contributed by atoms with E-state index in [1.165, 1.54) is 16.7 Å². The fourth-order valence-electron chi connectivity index (χ4n) is 1.63. The predicted octanol–water partition coefficient (Wildman–Crippen LogP) is 3.83.